The topological polar surface area (TPSA) is 18.5 Å². The molecular formula is C8H16O2. The summed E-state index contributed by atoms with van der Waals surface area (Å²) in [5.74, 6) is 2.17. The number of methoxy groups -OCH3 is 2. The van der Waals surface area contributed by atoms with Crippen molar-refractivity contribution >= 4 is 0 Å². The van der Waals surface area contributed by atoms with Crippen LogP contribution in [0.3, 0.4) is 0 Å². The summed E-state index contributed by atoms with van der Waals surface area (Å²) in [6.45, 7) is 6.04. The molecule has 0 radical (unpaired) electrons. The number of allylic oxidation sites excluding steroid dienone is 2. The highest BCUT2D eigenvalue weighted by Gasteiger charge is 2.06. The van der Waals surface area contributed by atoms with E-state index >= 15 is 0 Å². The highest BCUT2D eigenvalue weighted by molar-refractivity contribution is 5.00. The van der Waals surface area contributed by atoms with Gasteiger partial charge in [-0.25, -0.2) is 0 Å². The average molecular weight is 144 g/mol. The molecule has 0 fully saturated rings. The predicted octanol–water partition coefficient (Wildman–Crippen LogP) is 2.17. The predicted molar refractivity (Wildman–Crippen MR) is 41.6 cm³/mol. The molecule has 0 saturated carbocycles. The van der Waals surface area contributed by atoms with E-state index in [4.69, 9.17) is 9.47 Å². The normalized spacial score (nSPS) is 13.0. The lowest BCUT2D eigenvalue weighted by Gasteiger charge is -2.12. The average Bonchev–Trinajstić information content (AvgIpc) is 1.88. The maximum absolute atomic E-state index is 5.12. The van der Waals surface area contributed by atoms with Crippen LogP contribution in [-0.4, -0.2) is 14.2 Å². The second-order valence-electron chi connectivity index (χ2n) is 2.48. The molecule has 2 heteroatoms. The highest BCUT2D eigenvalue weighted by Crippen LogP contribution is 2.14. The summed E-state index contributed by atoms with van der Waals surface area (Å²) in [6, 6.07) is 0. The van der Waals surface area contributed by atoms with Crippen molar-refractivity contribution in [2.24, 2.45) is 5.92 Å². The number of hydrogen-bond acceptors (Lipinski definition) is 2. The van der Waals surface area contributed by atoms with Crippen molar-refractivity contribution in [2.75, 3.05) is 14.2 Å². The molecule has 0 aromatic heterocycles. The molecule has 0 unspecified atom stereocenters. The van der Waals surface area contributed by atoms with Crippen molar-refractivity contribution in [1.29, 1.82) is 0 Å². The summed E-state index contributed by atoms with van der Waals surface area (Å²) < 4.78 is 10.1. The summed E-state index contributed by atoms with van der Waals surface area (Å²) >= 11 is 0. The third kappa shape index (κ3) is 2.29. The van der Waals surface area contributed by atoms with Gasteiger partial charge in [-0.1, -0.05) is 13.8 Å². The van der Waals surface area contributed by atoms with Crippen LogP contribution >= 0.6 is 0 Å². The Morgan fingerprint density at radius 3 is 1.70 bits per heavy atom. The van der Waals surface area contributed by atoms with Crippen molar-refractivity contribution in [3.63, 3.8) is 0 Å². The van der Waals surface area contributed by atoms with Crippen molar-refractivity contribution in [3.8, 4) is 0 Å². The van der Waals surface area contributed by atoms with Crippen LogP contribution in [0.2, 0.25) is 0 Å². The first-order valence-corrected chi connectivity index (χ1v) is 3.42. The van der Waals surface area contributed by atoms with E-state index in [1.54, 1.807) is 14.2 Å². The Bertz CT molecular complexity index is 125. The standard InChI is InChI=1S/C8H16O2/c1-6(2)8(10-5)7(3)9-4/h6H,1-5H3/b8-7-. The van der Waals surface area contributed by atoms with E-state index in [0.717, 1.165) is 11.5 Å². The van der Waals surface area contributed by atoms with E-state index < -0.39 is 0 Å². The van der Waals surface area contributed by atoms with Gasteiger partial charge in [0, 0.05) is 5.92 Å². The summed E-state index contributed by atoms with van der Waals surface area (Å²) in [6.07, 6.45) is 0. The Balaban J connectivity index is 4.29. The van der Waals surface area contributed by atoms with Gasteiger partial charge < -0.3 is 9.47 Å². The van der Waals surface area contributed by atoms with Gasteiger partial charge in [-0.3, -0.25) is 0 Å². The van der Waals surface area contributed by atoms with E-state index in [1.165, 1.54) is 0 Å². The van der Waals surface area contributed by atoms with Crippen LogP contribution in [0.5, 0.6) is 0 Å². The zero-order valence-corrected chi connectivity index (χ0v) is 7.39. The lowest BCUT2D eigenvalue weighted by molar-refractivity contribution is 0.197. The van der Waals surface area contributed by atoms with E-state index in [1.807, 2.05) is 6.92 Å². The van der Waals surface area contributed by atoms with E-state index in [-0.39, 0.29) is 0 Å². The minimum absolute atomic E-state index is 0.393. The van der Waals surface area contributed by atoms with Crippen LogP contribution in [0.4, 0.5) is 0 Å². The minimum Gasteiger partial charge on any atom is -0.498 e. The molecular weight excluding hydrogens is 128 g/mol. The smallest absolute Gasteiger partial charge is 0.135 e. The van der Waals surface area contributed by atoms with Crippen LogP contribution in [-0.2, 0) is 9.47 Å². The maximum Gasteiger partial charge on any atom is 0.135 e. The number of ether oxygens (including phenoxy) is 2. The molecule has 0 amide bonds. The summed E-state index contributed by atoms with van der Waals surface area (Å²) in [5.41, 5.74) is 0. The third-order valence-electron chi connectivity index (χ3n) is 1.40. The van der Waals surface area contributed by atoms with Gasteiger partial charge in [-0.2, -0.15) is 0 Å². The molecule has 10 heavy (non-hydrogen) atoms. The van der Waals surface area contributed by atoms with Crippen LogP contribution in [0, 0.1) is 5.92 Å². The fraction of sp³-hybridized carbons (Fsp3) is 0.750. The molecule has 0 aliphatic carbocycles. The number of hydrogen-bond donors (Lipinski definition) is 0. The third-order valence-corrected chi connectivity index (χ3v) is 1.40. The molecule has 0 bridgehead atoms. The molecule has 60 valence electrons. The highest BCUT2D eigenvalue weighted by atomic mass is 16.5. The first-order chi connectivity index (χ1) is 4.63. The lowest BCUT2D eigenvalue weighted by Crippen LogP contribution is -2.01. The molecule has 0 heterocycles. The molecule has 2 nitrogen and oxygen atoms in total. The molecule has 0 aromatic rings. The molecule has 0 atom stereocenters. The zero-order chi connectivity index (χ0) is 8.15. The second-order valence-corrected chi connectivity index (χ2v) is 2.48. The summed E-state index contributed by atoms with van der Waals surface area (Å²) in [7, 11) is 3.31. The first kappa shape index (κ1) is 9.34. The van der Waals surface area contributed by atoms with Gasteiger partial charge in [0.1, 0.15) is 11.5 Å². The van der Waals surface area contributed by atoms with Crippen molar-refractivity contribution in [3.05, 3.63) is 11.5 Å². The molecule has 0 spiro atoms. The van der Waals surface area contributed by atoms with Gasteiger partial charge in [0.15, 0.2) is 0 Å². The quantitative estimate of drug-likeness (QED) is 0.565. The maximum atomic E-state index is 5.12. The summed E-state index contributed by atoms with van der Waals surface area (Å²) in [5, 5.41) is 0. The largest absolute Gasteiger partial charge is 0.498 e. The van der Waals surface area contributed by atoms with Crippen molar-refractivity contribution in [2.45, 2.75) is 20.8 Å². The minimum atomic E-state index is 0.393. The van der Waals surface area contributed by atoms with E-state index in [2.05, 4.69) is 13.8 Å². The van der Waals surface area contributed by atoms with E-state index in [0.29, 0.717) is 5.92 Å². The Morgan fingerprint density at radius 2 is 1.60 bits per heavy atom. The van der Waals surface area contributed by atoms with Crippen LogP contribution < -0.4 is 0 Å². The molecule has 0 aliphatic rings. The van der Waals surface area contributed by atoms with Crippen LogP contribution in [0.25, 0.3) is 0 Å². The fourth-order valence-electron chi connectivity index (χ4n) is 0.887. The zero-order valence-electron chi connectivity index (χ0n) is 7.39. The SMILES string of the molecule is CO/C(C)=C(\OC)C(C)C. The van der Waals surface area contributed by atoms with Gasteiger partial charge in [0.2, 0.25) is 0 Å². The number of rotatable bonds is 3. The van der Waals surface area contributed by atoms with Crippen molar-refractivity contribution in [1.82, 2.24) is 0 Å². The molecule has 0 saturated heterocycles. The van der Waals surface area contributed by atoms with Gasteiger partial charge in [-0.15, -0.1) is 0 Å². The Kier molecular flexibility index (Phi) is 3.93. The second kappa shape index (κ2) is 4.20. The Labute approximate surface area is 62.8 Å². The van der Waals surface area contributed by atoms with Gasteiger partial charge in [0.25, 0.3) is 0 Å². The molecule has 0 N–H and O–H groups in total. The molecule has 0 rings (SSSR count). The van der Waals surface area contributed by atoms with Gasteiger partial charge in [-0.05, 0) is 6.92 Å². The van der Waals surface area contributed by atoms with Crippen molar-refractivity contribution < 1.29 is 9.47 Å². The first-order valence-electron chi connectivity index (χ1n) is 3.42. The van der Waals surface area contributed by atoms with E-state index in [9.17, 15) is 0 Å². The monoisotopic (exact) mass is 144 g/mol. The molecule has 0 aromatic carbocycles. The van der Waals surface area contributed by atoms with Crippen LogP contribution in [0.15, 0.2) is 11.5 Å². The van der Waals surface area contributed by atoms with Gasteiger partial charge >= 0.3 is 0 Å². The fourth-order valence-corrected chi connectivity index (χ4v) is 0.887. The summed E-state index contributed by atoms with van der Waals surface area (Å²) in [4.78, 5) is 0. The lowest BCUT2D eigenvalue weighted by atomic mass is 10.1. The Morgan fingerprint density at radius 1 is 1.10 bits per heavy atom. The molecule has 0 aliphatic heterocycles. The van der Waals surface area contributed by atoms with Gasteiger partial charge in [0.05, 0.1) is 14.2 Å². The van der Waals surface area contributed by atoms with Crippen LogP contribution in [0.1, 0.15) is 20.8 Å². The Hall–Kier alpha value is -0.660.